The van der Waals surface area contributed by atoms with Gasteiger partial charge in [-0.25, -0.2) is 4.98 Å². The first-order chi connectivity index (χ1) is 12.6. The average Bonchev–Trinajstić information content (AvgIpc) is 3.19. The van der Waals surface area contributed by atoms with Crippen molar-refractivity contribution >= 4 is 27.5 Å². The molecule has 4 rings (SSSR count). The van der Waals surface area contributed by atoms with Crippen LogP contribution in [0.25, 0.3) is 10.2 Å². The molecule has 1 saturated carbocycles. The van der Waals surface area contributed by atoms with Crippen molar-refractivity contribution in [2.24, 2.45) is 0 Å². The Bertz CT molecular complexity index is 877. The fourth-order valence-electron chi connectivity index (χ4n) is 4.63. The summed E-state index contributed by atoms with van der Waals surface area (Å²) in [5, 5.41) is 0.756. The van der Waals surface area contributed by atoms with Gasteiger partial charge in [0.1, 0.15) is 11.4 Å². The van der Waals surface area contributed by atoms with Crippen LogP contribution < -0.4 is 5.56 Å². The van der Waals surface area contributed by atoms with Crippen LogP contribution in [0, 0.1) is 0 Å². The zero-order chi connectivity index (χ0) is 18.3. The molecule has 0 aromatic carbocycles. The van der Waals surface area contributed by atoms with Gasteiger partial charge in [-0.2, -0.15) is 0 Å². The summed E-state index contributed by atoms with van der Waals surface area (Å²) < 4.78 is 1.52. The molecule has 0 atom stereocenters. The summed E-state index contributed by atoms with van der Waals surface area (Å²) in [4.78, 5) is 34.7. The highest BCUT2D eigenvalue weighted by Crippen LogP contribution is 2.34. The second kappa shape index (κ2) is 7.14. The zero-order valence-corrected chi connectivity index (χ0v) is 16.5. The molecule has 0 bridgehead atoms. The molecule has 2 aromatic heterocycles. The molecule has 0 radical (unpaired) electrons. The van der Waals surface area contributed by atoms with Crippen LogP contribution in [0.1, 0.15) is 62.8 Å². The number of hydrogen-bond donors (Lipinski definition) is 0. The number of nitrogens with zero attached hydrogens (tertiary/aromatic N) is 3. The minimum atomic E-state index is -0.0462. The van der Waals surface area contributed by atoms with E-state index in [1.165, 1.54) is 34.3 Å². The van der Waals surface area contributed by atoms with Gasteiger partial charge in [0.05, 0.1) is 11.7 Å². The third-order valence-electron chi connectivity index (χ3n) is 5.81. The van der Waals surface area contributed by atoms with Crippen LogP contribution in [0.3, 0.4) is 0 Å². The highest BCUT2D eigenvalue weighted by Gasteiger charge is 2.28. The first kappa shape index (κ1) is 17.7. The van der Waals surface area contributed by atoms with Crippen LogP contribution in [0.4, 0.5) is 0 Å². The van der Waals surface area contributed by atoms with Gasteiger partial charge in [-0.15, -0.1) is 11.3 Å². The van der Waals surface area contributed by atoms with Gasteiger partial charge in [0.2, 0.25) is 5.91 Å². The molecule has 0 aliphatic heterocycles. The summed E-state index contributed by atoms with van der Waals surface area (Å²) in [5.74, 6) is 0.0435. The quantitative estimate of drug-likeness (QED) is 0.824. The standard InChI is InChI=1S/C20H27N3O2S/c1-13(2)23(14-7-4-3-5-8-14)17(24)11-22-12-21-19-18(20(22)25)15-9-6-10-16(15)26-19/h12-14H,3-11H2,1-2H3. The molecule has 6 heteroatoms. The summed E-state index contributed by atoms with van der Waals surface area (Å²) in [6, 6.07) is 0.470. The van der Waals surface area contributed by atoms with E-state index in [-0.39, 0.29) is 24.1 Å². The Labute approximate surface area is 158 Å². The molecule has 2 aliphatic carbocycles. The normalized spacial score (nSPS) is 17.8. The molecule has 0 spiro atoms. The number of fused-ring (bicyclic) bond motifs is 3. The van der Waals surface area contributed by atoms with E-state index in [1.807, 2.05) is 4.90 Å². The highest BCUT2D eigenvalue weighted by molar-refractivity contribution is 7.18. The monoisotopic (exact) mass is 373 g/mol. The van der Waals surface area contributed by atoms with E-state index in [2.05, 4.69) is 18.8 Å². The van der Waals surface area contributed by atoms with Crippen molar-refractivity contribution < 1.29 is 4.79 Å². The van der Waals surface area contributed by atoms with Crippen LogP contribution in [0.15, 0.2) is 11.1 Å². The molecule has 2 aromatic rings. The van der Waals surface area contributed by atoms with Gasteiger partial charge in [0, 0.05) is 17.0 Å². The predicted octanol–water partition coefficient (Wildman–Crippen LogP) is 3.52. The molecular formula is C20H27N3O2S. The maximum absolute atomic E-state index is 13.1. The summed E-state index contributed by atoms with van der Waals surface area (Å²) >= 11 is 1.64. The average molecular weight is 374 g/mol. The molecule has 5 nitrogen and oxygen atoms in total. The largest absolute Gasteiger partial charge is 0.336 e. The van der Waals surface area contributed by atoms with Crippen molar-refractivity contribution in [3.05, 3.63) is 27.1 Å². The van der Waals surface area contributed by atoms with Gasteiger partial charge in [-0.1, -0.05) is 19.3 Å². The van der Waals surface area contributed by atoms with E-state index < -0.39 is 0 Å². The number of carbonyl (C=O) groups is 1. The molecule has 1 amide bonds. The molecule has 2 heterocycles. The lowest BCUT2D eigenvalue weighted by Crippen LogP contribution is -2.47. The minimum absolute atomic E-state index is 0.0435. The fourth-order valence-corrected chi connectivity index (χ4v) is 5.85. The molecule has 0 saturated heterocycles. The van der Waals surface area contributed by atoms with Gasteiger partial charge in [-0.3, -0.25) is 14.2 Å². The Balaban J connectivity index is 1.62. The second-order valence-corrected chi connectivity index (χ2v) is 8.99. The lowest BCUT2D eigenvalue weighted by atomic mass is 9.93. The number of carbonyl (C=O) groups excluding carboxylic acids is 1. The number of amides is 1. The van der Waals surface area contributed by atoms with Crippen LogP contribution in [0.5, 0.6) is 0 Å². The Morgan fingerprint density at radius 1 is 1.27 bits per heavy atom. The van der Waals surface area contributed by atoms with Gasteiger partial charge in [0.25, 0.3) is 5.56 Å². The first-order valence-corrected chi connectivity index (χ1v) is 10.7. The van der Waals surface area contributed by atoms with Gasteiger partial charge >= 0.3 is 0 Å². The fraction of sp³-hybridized carbons (Fsp3) is 0.650. The summed E-state index contributed by atoms with van der Waals surface area (Å²) in [6.07, 6.45) is 10.5. The van der Waals surface area contributed by atoms with Crippen molar-refractivity contribution in [1.29, 1.82) is 0 Å². The van der Waals surface area contributed by atoms with E-state index in [4.69, 9.17) is 0 Å². The Morgan fingerprint density at radius 2 is 2.04 bits per heavy atom. The van der Waals surface area contributed by atoms with Gasteiger partial charge in [0.15, 0.2) is 0 Å². The third kappa shape index (κ3) is 3.08. The maximum Gasteiger partial charge on any atom is 0.262 e. The van der Waals surface area contributed by atoms with Crippen molar-refractivity contribution in [2.75, 3.05) is 0 Å². The molecule has 0 unspecified atom stereocenters. The van der Waals surface area contributed by atoms with Crippen molar-refractivity contribution in [3.63, 3.8) is 0 Å². The van der Waals surface area contributed by atoms with E-state index in [1.54, 1.807) is 17.7 Å². The highest BCUT2D eigenvalue weighted by atomic mass is 32.1. The number of rotatable bonds is 4. The van der Waals surface area contributed by atoms with Gasteiger partial charge < -0.3 is 4.90 Å². The van der Waals surface area contributed by atoms with Crippen LogP contribution >= 0.6 is 11.3 Å². The Kier molecular flexibility index (Phi) is 4.86. The Morgan fingerprint density at radius 3 is 2.77 bits per heavy atom. The topological polar surface area (TPSA) is 55.2 Å². The molecule has 140 valence electrons. The van der Waals surface area contributed by atoms with Gasteiger partial charge in [-0.05, 0) is 51.5 Å². The molecule has 26 heavy (non-hydrogen) atoms. The smallest absolute Gasteiger partial charge is 0.262 e. The third-order valence-corrected chi connectivity index (χ3v) is 7.01. The number of hydrogen-bond acceptors (Lipinski definition) is 4. The number of thiophene rings is 1. The second-order valence-electron chi connectivity index (χ2n) is 7.90. The molecular weight excluding hydrogens is 346 g/mol. The molecule has 1 fully saturated rings. The minimum Gasteiger partial charge on any atom is -0.336 e. The summed E-state index contributed by atoms with van der Waals surface area (Å²) in [5.41, 5.74) is 1.13. The van der Waals surface area contributed by atoms with E-state index in [0.717, 1.165) is 42.3 Å². The maximum atomic E-state index is 13.1. The number of aromatic nitrogens is 2. The van der Waals surface area contributed by atoms with Crippen LogP contribution in [-0.4, -0.2) is 32.4 Å². The lowest BCUT2D eigenvalue weighted by molar-refractivity contribution is -0.137. The van der Waals surface area contributed by atoms with Crippen molar-refractivity contribution in [1.82, 2.24) is 14.5 Å². The van der Waals surface area contributed by atoms with Crippen LogP contribution in [-0.2, 0) is 24.2 Å². The summed E-state index contributed by atoms with van der Waals surface area (Å²) in [7, 11) is 0. The Hall–Kier alpha value is -1.69. The van der Waals surface area contributed by atoms with Crippen LogP contribution in [0.2, 0.25) is 0 Å². The van der Waals surface area contributed by atoms with E-state index >= 15 is 0 Å². The van der Waals surface area contributed by atoms with Crippen molar-refractivity contribution in [3.8, 4) is 0 Å². The SMILES string of the molecule is CC(C)N(C(=O)Cn1cnc2sc3c(c2c1=O)CCC3)C1CCCCC1. The lowest BCUT2D eigenvalue weighted by Gasteiger charge is -2.37. The zero-order valence-electron chi connectivity index (χ0n) is 15.7. The summed E-state index contributed by atoms with van der Waals surface area (Å²) in [6.45, 7) is 4.24. The first-order valence-electron chi connectivity index (χ1n) is 9.87. The van der Waals surface area contributed by atoms with E-state index in [9.17, 15) is 9.59 Å². The van der Waals surface area contributed by atoms with E-state index in [0.29, 0.717) is 6.04 Å². The van der Waals surface area contributed by atoms with Crippen molar-refractivity contribution in [2.45, 2.75) is 83.8 Å². The molecule has 0 N–H and O–H groups in total. The molecule has 2 aliphatic rings. The number of aryl methyl sites for hydroxylation is 2. The predicted molar refractivity (Wildman–Crippen MR) is 105 cm³/mol.